The molecule has 0 aromatic carbocycles. The topological polar surface area (TPSA) is 84.9 Å². The van der Waals surface area contributed by atoms with Crippen molar-refractivity contribution in [2.45, 2.75) is 18.9 Å². The van der Waals surface area contributed by atoms with E-state index in [9.17, 15) is 14.4 Å². The molecule has 1 N–H and O–H groups in total. The van der Waals surface area contributed by atoms with Crippen molar-refractivity contribution >= 4 is 18.0 Å². The lowest BCUT2D eigenvalue weighted by Gasteiger charge is -2.20. The Morgan fingerprint density at radius 2 is 1.59 bits per heavy atom. The molecule has 0 spiro atoms. The van der Waals surface area contributed by atoms with Crippen molar-refractivity contribution in [1.82, 2.24) is 10.2 Å². The molecular weight excluding hydrogens is 228 g/mol. The van der Waals surface area contributed by atoms with Gasteiger partial charge in [0, 0.05) is 6.04 Å². The first kappa shape index (κ1) is 13.3. The first-order chi connectivity index (χ1) is 8.06. The van der Waals surface area contributed by atoms with Crippen LogP contribution < -0.4 is 5.32 Å². The van der Waals surface area contributed by atoms with Crippen LogP contribution in [0.1, 0.15) is 12.8 Å². The molecule has 7 heteroatoms. The maximum Gasteiger partial charge on any atom is 0.325 e. The molecule has 1 fully saturated rings. The molecule has 0 saturated heterocycles. The van der Waals surface area contributed by atoms with Crippen molar-refractivity contribution in [3.05, 3.63) is 0 Å². The Labute approximate surface area is 99.0 Å². The largest absolute Gasteiger partial charge is 0.468 e. The highest BCUT2D eigenvalue weighted by molar-refractivity contribution is 5.85. The molecule has 0 radical (unpaired) electrons. The number of esters is 2. The van der Waals surface area contributed by atoms with E-state index < -0.39 is 18.0 Å². The van der Waals surface area contributed by atoms with E-state index in [0.717, 1.165) is 17.7 Å². The first-order valence-electron chi connectivity index (χ1n) is 5.26. The van der Waals surface area contributed by atoms with Crippen LogP contribution in [0.3, 0.4) is 0 Å². The second-order valence-electron chi connectivity index (χ2n) is 3.73. The van der Waals surface area contributed by atoms with Crippen molar-refractivity contribution in [3.63, 3.8) is 0 Å². The van der Waals surface area contributed by atoms with E-state index in [1.165, 1.54) is 14.2 Å². The molecule has 17 heavy (non-hydrogen) atoms. The fraction of sp³-hybridized carbons (Fsp3) is 0.700. The first-order valence-corrected chi connectivity index (χ1v) is 5.26. The molecular formula is C10H16N2O5. The SMILES string of the molecule is COC(=O)CN(CC(=O)OC)C(=O)NC1CC1. The van der Waals surface area contributed by atoms with Gasteiger partial charge in [-0.15, -0.1) is 0 Å². The van der Waals surface area contributed by atoms with Crippen LogP contribution in [0.25, 0.3) is 0 Å². The number of carbonyl (C=O) groups is 3. The molecule has 0 aliphatic heterocycles. The van der Waals surface area contributed by atoms with Crippen molar-refractivity contribution in [2.75, 3.05) is 27.3 Å². The highest BCUT2D eigenvalue weighted by Gasteiger charge is 2.28. The minimum absolute atomic E-state index is 0.153. The summed E-state index contributed by atoms with van der Waals surface area (Å²) in [6, 6.07) is -0.302. The zero-order valence-electron chi connectivity index (χ0n) is 9.89. The summed E-state index contributed by atoms with van der Waals surface area (Å²) in [4.78, 5) is 35.0. The fourth-order valence-electron chi connectivity index (χ4n) is 1.13. The lowest BCUT2D eigenvalue weighted by Crippen LogP contribution is -2.46. The molecule has 0 aromatic heterocycles. The smallest absolute Gasteiger partial charge is 0.325 e. The number of hydrogen-bond donors (Lipinski definition) is 1. The van der Waals surface area contributed by atoms with E-state index in [1.54, 1.807) is 0 Å². The van der Waals surface area contributed by atoms with E-state index in [-0.39, 0.29) is 19.1 Å². The molecule has 0 aromatic rings. The molecule has 2 amide bonds. The maximum absolute atomic E-state index is 11.7. The number of nitrogens with zero attached hydrogens (tertiary/aromatic N) is 1. The highest BCUT2D eigenvalue weighted by atomic mass is 16.5. The highest BCUT2D eigenvalue weighted by Crippen LogP contribution is 2.18. The molecule has 0 heterocycles. The number of nitrogens with one attached hydrogen (secondary N) is 1. The Kier molecular flexibility index (Phi) is 4.74. The number of hydrogen-bond acceptors (Lipinski definition) is 5. The Hall–Kier alpha value is -1.79. The fourth-order valence-corrected chi connectivity index (χ4v) is 1.13. The Bertz CT molecular complexity index is 296. The van der Waals surface area contributed by atoms with Gasteiger partial charge >= 0.3 is 18.0 Å². The lowest BCUT2D eigenvalue weighted by molar-refractivity contribution is -0.144. The maximum atomic E-state index is 11.7. The van der Waals surface area contributed by atoms with Crippen molar-refractivity contribution in [2.24, 2.45) is 0 Å². The van der Waals surface area contributed by atoms with Gasteiger partial charge in [0.05, 0.1) is 14.2 Å². The lowest BCUT2D eigenvalue weighted by atomic mass is 10.5. The molecule has 7 nitrogen and oxygen atoms in total. The van der Waals surface area contributed by atoms with Gasteiger partial charge in [0.2, 0.25) is 0 Å². The molecule has 1 aliphatic carbocycles. The molecule has 1 aliphatic rings. The third-order valence-corrected chi connectivity index (χ3v) is 2.29. The van der Waals surface area contributed by atoms with Crippen molar-refractivity contribution < 1.29 is 23.9 Å². The monoisotopic (exact) mass is 244 g/mol. The van der Waals surface area contributed by atoms with Gasteiger partial charge in [-0.1, -0.05) is 0 Å². The van der Waals surface area contributed by atoms with Crippen LogP contribution >= 0.6 is 0 Å². The third-order valence-electron chi connectivity index (χ3n) is 2.29. The van der Waals surface area contributed by atoms with Crippen LogP contribution in [0.4, 0.5) is 4.79 Å². The standard InChI is InChI=1S/C10H16N2O5/c1-16-8(13)5-12(6-9(14)17-2)10(15)11-7-3-4-7/h7H,3-6H2,1-2H3,(H,11,15). The third kappa shape index (κ3) is 4.71. The number of carbonyl (C=O) groups excluding carboxylic acids is 3. The summed E-state index contributed by atoms with van der Waals surface area (Å²) < 4.78 is 8.91. The summed E-state index contributed by atoms with van der Waals surface area (Å²) in [5, 5.41) is 2.68. The van der Waals surface area contributed by atoms with Crippen LogP contribution in [0, 0.1) is 0 Å². The molecule has 0 atom stereocenters. The molecule has 0 bridgehead atoms. The zero-order valence-corrected chi connectivity index (χ0v) is 9.89. The zero-order chi connectivity index (χ0) is 12.8. The normalized spacial score (nSPS) is 13.8. The molecule has 0 unspecified atom stereocenters. The summed E-state index contributed by atoms with van der Waals surface area (Å²) >= 11 is 0. The summed E-state index contributed by atoms with van der Waals surface area (Å²) in [6.07, 6.45) is 1.85. The predicted octanol–water partition coefficient (Wildman–Crippen LogP) is -0.494. The average Bonchev–Trinajstić information content (AvgIpc) is 3.11. The predicted molar refractivity (Wildman–Crippen MR) is 57.2 cm³/mol. The summed E-state index contributed by atoms with van der Waals surface area (Å²) in [5.41, 5.74) is 0. The number of rotatable bonds is 5. The average molecular weight is 244 g/mol. The molecule has 1 rings (SSSR count). The van der Waals surface area contributed by atoms with Crippen LogP contribution in [0.5, 0.6) is 0 Å². The number of ether oxygens (including phenoxy) is 2. The molecule has 96 valence electrons. The molecule has 1 saturated carbocycles. The minimum Gasteiger partial charge on any atom is -0.468 e. The second-order valence-corrected chi connectivity index (χ2v) is 3.73. The summed E-state index contributed by atoms with van der Waals surface area (Å²) in [5.74, 6) is -1.17. The van der Waals surface area contributed by atoms with Gasteiger partial charge < -0.3 is 19.7 Å². The van der Waals surface area contributed by atoms with Gasteiger partial charge in [-0.25, -0.2) is 4.79 Å². The van der Waals surface area contributed by atoms with Crippen molar-refractivity contribution in [1.29, 1.82) is 0 Å². The Balaban J connectivity index is 2.52. The van der Waals surface area contributed by atoms with Crippen molar-refractivity contribution in [3.8, 4) is 0 Å². The van der Waals surface area contributed by atoms with Crippen LogP contribution in [-0.4, -0.2) is 56.2 Å². The summed E-state index contributed by atoms with van der Waals surface area (Å²) in [7, 11) is 2.44. The number of urea groups is 1. The van der Waals surface area contributed by atoms with Crippen LogP contribution in [-0.2, 0) is 19.1 Å². The van der Waals surface area contributed by atoms with E-state index in [0.29, 0.717) is 0 Å². The van der Waals surface area contributed by atoms with Gasteiger partial charge in [0.25, 0.3) is 0 Å². The Morgan fingerprint density at radius 1 is 1.12 bits per heavy atom. The quantitative estimate of drug-likeness (QED) is 0.659. The van der Waals surface area contributed by atoms with Gasteiger partial charge in [0.1, 0.15) is 13.1 Å². The number of methoxy groups -OCH3 is 2. The second kappa shape index (κ2) is 6.07. The van der Waals surface area contributed by atoms with E-state index in [4.69, 9.17) is 0 Å². The van der Waals surface area contributed by atoms with Crippen LogP contribution in [0.2, 0.25) is 0 Å². The van der Waals surface area contributed by atoms with E-state index >= 15 is 0 Å². The van der Waals surface area contributed by atoms with Gasteiger partial charge in [-0.05, 0) is 12.8 Å². The summed E-state index contributed by atoms with van der Waals surface area (Å²) in [6.45, 7) is -0.547. The number of amides is 2. The van der Waals surface area contributed by atoms with E-state index in [1.807, 2.05) is 0 Å². The Morgan fingerprint density at radius 3 is 1.94 bits per heavy atom. The van der Waals surface area contributed by atoms with Crippen LogP contribution in [0.15, 0.2) is 0 Å². The van der Waals surface area contributed by atoms with E-state index in [2.05, 4.69) is 14.8 Å². The van der Waals surface area contributed by atoms with Gasteiger partial charge in [0.15, 0.2) is 0 Å². The van der Waals surface area contributed by atoms with Gasteiger partial charge in [-0.3, -0.25) is 9.59 Å². The minimum atomic E-state index is -0.583. The van der Waals surface area contributed by atoms with Gasteiger partial charge in [-0.2, -0.15) is 0 Å².